The normalized spacial score (nSPS) is 15.2. The van der Waals surface area contributed by atoms with Crippen molar-refractivity contribution < 1.29 is 23.1 Å². The summed E-state index contributed by atoms with van der Waals surface area (Å²) in [6.07, 6.45) is 0. The number of benzene rings is 3. The van der Waals surface area contributed by atoms with Crippen molar-refractivity contribution in [3.05, 3.63) is 83.9 Å². The Morgan fingerprint density at radius 3 is 2.48 bits per heavy atom. The number of rotatable bonds is 8. The first-order valence-corrected chi connectivity index (χ1v) is 12.3. The van der Waals surface area contributed by atoms with E-state index in [1.54, 1.807) is 43.0 Å². The van der Waals surface area contributed by atoms with Crippen molar-refractivity contribution in [2.45, 2.75) is 26.3 Å². The molecule has 12 heteroatoms. The second kappa shape index (κ2) is 10.6. The summed E-state index contributed by atoms with van der Waals surface area (Å²) in [6.45, 7) is 2.79. The molecule has 1 aliphatic heterocycles. The van der Waals surface area contributed by atoms with Crippen molar-refractivity contribution in [2.24, 2.45) is 11.0 Å². The van der Waals surface area contributed by atoms with Crippen LogP contribution < -0.4 is 15.1 Å². The number of aromatic nitrogens is 4. The van der Waals surface area contributed by atoms with E-state index in [2.05, 4.69) is 25.9 Å². The van der Waals surface area contributed by atoms with Gasteiger partial charge in [0.05, 0.1) is 25.1 Å². The van der Waals surface area contributed by atoms with Crippen LogP contribution in [0.2, 0.25) is 0 Å². The van der Waals surface area contributed by atoms with Gasteiger partial charge in [-0.1, -0.05) is 24.3 Å². The van der Waals surface area contributed by atoms with E-state index in [4.69, 9.17) is 4.74 Å². The third-order valence-corrected chi connectivity index (χ3v) is 6.42. The molecule has 0 saturated carbocycles. The number of carbonyl (C=O) groups is 2. The highest BCUT2D eigenvalue weighted by atomic mass is 19.3. The molecule has 0 bridgehead atoms. The molecule has 0 aliphatic carbocycles. The lowest BCUT2D eigenvalue weighted by molar-refractivity contribution is -0.127. The van der Waals surface area contributed by atoms with Crippen LogP contribution in [0.3, 0.4) is 0 Å². The molecule has 40 heavy (non-hydrogen) atoms. The van der Waals surface area contributed by atoms with Gasteiger partial charge in [-0.2, -0.15) is 10.1 Å². The Morgan fingerprint density at radius 1 is 1.07 bits per heavy atom. The quantitative estimate of drug-likeness (QED) is 0.327. The fraction of sp³-hybridized carbons (Fsp3) is 0.214. The number of amides is 2. The van der Waals surface area contributed by atoms with Crippen molar-refractivity contribution in [3.8, 4) is 17.1 Å². The second-order valence-electron chi connectivity index (χ2n) is 9.34. The molecule has 3 aromatic carbocycles. The highest BCUT2D eigenvalue weighted by Crippen LogP contribution is 2.30. The van der Waals surface area contributed by atoms with Crippen LogP contribution in [0.5, 0.6) is 5.75 Å². The minimum absolute atomic E-state index is 0.166. The maximum Gasteiger partial charge on any atom is 0.270 e. The van der Waals surface area contributed by atoms with Gasteiger partial charge in [0.1, 0.15) is 5.75 Å². The number of ether oxygens (including phenoxy) is 1. The molecule has 1 unspecified atom stereocenters. The molecule has 1 aromatic heterocycles. The van der Waals surface area contributed by atoms with Crippen LogP contribution in [0.25, 0.3) is 11.4 Å². The topological polar surface area (TPSA) is 115 Å². The van der Waals surface area contributed by atoms with Gasteiger partial charge in [-0.15, -0.1) is 5.10 Å². The summed E-state index contributed by atoms with van der Waals surface area (Å²) in [4.78, 5) is 26.1. The van der Waals surface area contributed by atoms with E-state index in [0.717, 1.165) is 28.8 Å². The molecular weight excluding hydrogens is 520 g/mol. The predicted molar refractivity (Wildman–Crippen MR) is 144 cm³/mol. The molecule has 5 rings (SSSR count). The van der Waals surface area contributed by atoms with Gasteiger partial charge in [0.2, 0.25) is 5.91 Å². The van der Waals surface area contributed by atoms with Crippen molar-refractivity contribution in [1.29, 1.82) is 0 Å². The molecule has 10 nitrogen and oxygen atoms in total. The summed E-state index contributed by atoms with van der Waals surface area (Å²) in [6, 6.07) is 19.8. The molecular formula is C28H25F2N7O3. The third kappa shape index (κ3) is 5.41. The van der Waals surface area contributed by atoms with Gasteiger partial charge in [0, 0.05) is 23.7 Å². The Kier molecular flexibility index (Phi) is 7.07. The number of alkyl halides is 2. The van der Waals surface area contributed by atoms with Gasteiger partial charge < -0.3 is 10.1 Å². The number of hydrogen-bond donors (Lipinski definition) is 1. The minimum Gasteiger partial charge on any atom is -0.497 e. The Hall–Kier alpha value is -5.00. The van der Waals surface area contributed by atoms with Gasteiger partial charge >= 0.3 is 0 Å². The second-order valence-corrected chi connectivity index (χ2v) is 9.34. The van der Waals surface area contributed by atoms with Gasteiger partial charge in [-0.25, -0.2) is 13.5 Å². The Morgan fingerprint density at radius 2 is 1.80 bits per heavy atom. The molecule has 4 aromatic rings. The first kappa shape index (κ1) is 26.6. The summed E-state index contributed by atoms with van der Waals surface area (Å²) >= 11 is 0. The zero-order valence-electron chi connectivity index (χ0n) is 21.9. The van der Waals surface area contributed by atoms with Crippen LogP contribution >= 0.6 is 0 Å². The standard InChI is InChI=1S/C28H25F2N7O3/c1-17-24(26(38)31-21-6-4-5-20(15-21)28(2,29)30)27(39)37(33-17)22-11-9-19(10-12-22)25-32-34-35-36(25)16-18-7-13-23(40-3)14-8-18/h4-15,24H,16H2,1-3H3,(H,31,38). The van der Waals surface area contributed by atoms with Crippen LogP contribution in [0.15, 0.2) is 77.9 Å². The number of anilines is 2. The average molecular weight is 546 g/mol. The van der Waals surface area contributed by atoms with Crippen molar-refractivity contribution in [2.75, 3.05) is 17.4 Å². The molecule has 0 fully saturated rings. The fourth-order valence-electron chi connectivity index (χ4n) is 4.31. The molecule has 0 spiro atoms. The summed E-state index contributed by atoms with van der Waals surface area (Å²) in [5.74, 6) is -4.18. The number of tetrazole rings is 1. The maximum atomic E-state index is 13.7. The number of carbonyl (C=O) groups excluding carboxylic acids is 2. The lowest BCUT2D eigenvalue weighted by atomic mass is 10.0. The summed E-state index contributed by atoms with van der Waals surface area (Å²) < 4.78 is 34.2. The molecule has 1 N–H and O–H groups in total. The largest absolute Gasteiger partial charge is 0.497 e. The van der Waals surface area contributed by atoms with Crippen LogP contribution in [-0.4, -0.2) is 44.8 Å². The van der Waals surface area contributed by atoms with Crippen LogP contribution in [0, 0.1) is 5.92 Å². The smallest absolute Gasteiger partial charge is 0.270 e. The first-order chi connectivity index (χ1) is 19.1. The van der Waals surface area contributed by atoms with Crippen LogP contribution in [-0.2, 0) is 22.1 Å². The highest BCUT2D eigenvalue weighted by Gasteiger charge is 2.40. The summed E-state index contributed by atoms with van der Waals surface area (Å²) in [5, 5.41) is 20.0. The van der Waals surface area contributed by atoms with E-state index < -0.39 is 23.7 Å². The average Bonchev–Trinajstić information content (AvgIpc) is 3.52. The number of hydrazone groups is 1. The molecule has 1 atom stereocenters. The predicted octanol–water partition coefficient (Wildman–Crippen LogP) is 4.49. The van der Waals surface area contributed by atoms with Gasteiger partial charge in [-0.05, 0) is 71.4 Å². The lowest BCUT2D eigenvalue weighted by Crippen LogP contribution is -2.36. The Balaban J connectivity index is 1.29. The number of nitrogens with zero attached hydrogens (tertiary/aromatic N) is 6. The molecule has 204 valence electrons. The van der Waals surface area contributed by atoms with E-state index in [1.165, 1.54) is 24.3 Å². The molecule has 1 aliphatic rings. The van der Waals surface area contributed by atoms with E-state index in [1.807, 2.05) is 24.3 Å². The van der Waals surface area contributed by atoms with Gasteiger partial charge in [-0.3, -0.25) is 9.59 Å². The zero-order chi connectivity index (χ0) is 28.4. The number of methoxy groups -OCH3 is 1. The van der Waals surface area contributed by atoms with E-state index in [0.29, 0.717) is 18.1 Å². The number of hydrogen-bond acceptors (Lipinski definition) is 7. The lowest BCUT2D eigenvalue weighted by Gasteiger charge is -2.16. The van der Waals surface area contributed by atoms with Crippen molar-refractivity contribution >= 4 is 28.9 Å². The minimum atomic E-state index is -3.07. The zero-order valence-corrected chi connectivity index (χ0v) is 21.9. The van der Waals surface area contributed by atoms with Crippen molar-refractivity contribution in [3.63, 3.8) is 0 Å². The Bertz CT molecular complexity index is 1580. The number of halogens is 2. The van der Waals surface area contributed by atoms with E-state index in [-0.39, 0.29) is 17.0 Å². The molecule has 2 heterocycles. The van der Waals surface area contributed by atoms with Crippen LogP contribution in [0.4, 0.5) is 20.2 Å². The summed E-state index contributed by atoms with van der Waals surface area (Å²) in [5.41, 5.74) is 2.36. The van der Waals surface area contributed by atoms with E-state index in [9.17, 15) is 18.4 Å². The third-order valence-electron chi connectivity index (χ3n) is 6.42. The fourth-order valence-corrected chi connectivity index (χ4v) is 4.31. The highest BCUT2D eigenvalue weighted by molar-refractivity contribution is 6.28. The van der Waals surface area contributed by atoms with E-state index >= 15 is 0 Å². The molecule has 0 radical (unpaired) electrons. The van der Waals surface area contributed by atoms with Gasteiger partial charge in [0.15, 0.2) is 11.7 Å². The summed E-state index contributed by atoms with van der Waals surface area (Å²) in [7, 11) is 1.60. The molecule has 2 amide bonds. The maximum absolute atomic E-state index is 13.7. The monoisotopic (exact) mass is 545 g/mol. The van der Waals surface area contributed by atoms with Gasteiger partial charge in [0.25, 0.3) is 11.8 Å². The SMILES string of the molecule is COc1ccc(Cn2nnnc2-c2ccc(N3N=C(C)C(C(=O)Nc4cccc(C(C)(F)F)c4)C3=O)cc2)cc1. The van der Waals surface area contributed by atoms with Crippen LogP contribution in [0.1, 0.15) is 25.0 Å². The van der Waals surface area contributed by atoms with Crippen molar-refractivity contribution in [1.82, 2.24) is 20.2 Å². The molecule has 0 saturated heterocycles. The Labute approximate surface area is 228 Å². The number of nitrogens with one attached hydrogen (secondary N) is 1. The first-order valence-electron chi connectivity index (χ1n) is 12.3.